The Morgan fingerprint density at radius 2 is 2.20 bits per heavy atom. The summed E-state index contributed by atoms with van der Waals surface area (Å²) in [5, 5.41) is 10.7. The maximum Gasteiger partial charge on any atom is 0.341 e. The van der Waals surface area contributed by atoms with Crippen molar-refractivity contribution < 1.29 is 14.5 Å². The van der Waals surface area contributed by atoms with E-state index < -0.39 is 10.9 Å². The smallest absolute Gasteiger partial charge is 0.341 e. The summed E-state index contributed by atoms with van der Waals surface area (Å²) in [6.07, 6.45) is 1.22. The Bertz CT molecular complexity index is 690. The van der Waals surface area contributed by atoms with Crippen LogP contribution in [0.15, 0.2) is 30.5 Å². The lowest BCUT2D eigenvalue weighted by Gasteiger charge is -2.06. The molecule has 1 aromatic carbocycles. The number of methoxy groups -OCH3 is 1. The number of nitro groups is 1. The molecule has 2 rings (SSSR count). The Kier molecular flexibility index (Phi) is 3.90. The number of esters is 1. The molecule has 0 aliphatic rings. The Labute approximate surface area is 118 Å². The van der Waals surface area contributed by atoms with Gasteiger partial charge in [0.1, 0.15) is 5.56 Å². The number of ether oxygens (including phenoxy) is 1. The fraction of sp³-hybridized carbons (Fsp3) is 0.0833. The summed E-state index contributed by atoms with van der Waals surface area (Å²) in [5.74, 6) is -0.650. The minimum Gasteiger partial charge on any atom is -0.465 e. The van der Waals surface area contributed by atoms with E-state index in [2.05, 4.69) is 14.7 Å². The van der Waals surface area contributed by atoms with Gasteiger partial charge in [0.15, 0.2) is 0 Å². The number of nitrogens with zero attached hydrogens (tertiary/aromatic N) is 3. The van der Waals surface area contributed by atoms with Crippen LogP contribution in [0.5, 0.6) is 0 Å². The molecule has 0 aliphatic heterocycles. The first kappa shape index (κ1) is 13.9. The largest absolute Gasteiger partial charge is 0.465 e. The van der Waals surface area contributed by atoms with Crippen LogP contribution < -0.4 is 0 Å². The van der Waals surface area contributed by atoms with Crippen LogP contribution in [0.4, 0.5) is 5.69 Å². The van der Waals surface area contributed by atoms with Crippen LogP contribution in [0.3, 0.4) is 0 Å². The number of halogens is 1. The van der Waals surface area contributed by atoms with E-state index in [1.54, 1.807) is 6.07 Å². The van der Waals surface area contributed by atoms with Gasteiger partial charge in [-0.05, 0) is 11.6 Å². The Morgan fingerprint density at radius 1 is 1.45 bits per heavy atom. The minimum atomic E-state index is -0.650. The van der Waals surface area contributed by atoms with E-state index in [9.17, 15) is 14.9 Å². The summed E-state index contributed by atoms with van der Waals surface area (Å²) in [5.41, 5.74) is 0.523. The predicted molar refractivity (Wildman–Crippen MR) is 70.5 cm³/mol. The molecule has 0 saturated carbocycles. The first-order chi connectivity index (χ1) is 9.52. The first-order valence-corrected chi connectivity index (χ1v) is 5.76. The number of carbonyl (C=O) groups is 1. The second-order valence-electron chi connectivity index (χ2n) is 3.70. The molecule has 0 saturated heterocycles. The van der Waals surface area contributed by atoms with Crippen LogP contribution in [-0.2, 0) is 4.74 Å². The van der Waals surface area contributed by atoms with E-state index in [1.165, 1.54) is 31.5 Å². The molecule has 0 amide bonds. The highest BCUT2D eigenvalue weighted by atomic mass is 35.5. The lowest BCUT2D eigenvalue weighted by molar-refractivity contribution is -0.384. The van der Waals surface area contributed by atoms with Crippen LogP contribution in [0.1, 0.15) is 10.4 Å². The molecule has 0 aliphatic carbocycles. The Balaban J connectivity index is 2.62. The number of non-ortho nitro benzene ring substituents is 1. The third-order valence-electron chi connectivity index (χ3n) is 2.50. The standard InChI is InChI=1S/C12H8ClN3O4/c1-20-11(17)9-6-14-12(13)15-10(9)7-3-2-4-8(5-7)16(18)19/h2-6H,1H3. The molecule has 0 bridgehead atoms. The summed E-state index contributed by atoms with van der Waals surface area (Å²) in [6, 6.07) is 5.71. The Morgan fingerprint density at radius 3 is 2.85 bits per heavy atom. The minimum absolute atomic E-state index is 0.0702. The third kappa shape index (κ3) is 2.72. The van der Waals surface area contributed by atoms with Crippen molar-refractivity contribution in [1.29, 1.82) is 0 Å². The molecule has 0 fully saturated rings. The van der Waals surface area contributed by atoms with E-state index in [0.29, 0.717) is 5.56 Å². The number of hydrogen-bond donors (Lipinski definition) is 0. The van der Waals surface area contributed by atoms with Gasteiger partial charge in [0.05, 0.1) is 17.7 Å². The van der Waals surface area contributed by atoms with Gasteiger partial charge in [0, 0.05) is 23.9 Å². The quantitative estimate of drug-likeness (QED) is 0.373. The van der Waals surface area contributed by atoms with E-state index in [-0.39, 0.29) is 22.2 Å². The lowest BCUT2D eigenvalue weighted by Crippen LogP contribution is -2.06. The van der Waals surface area contributed by atoms with Crippen molar-refractivity contribution in [3.63, 3.8) is 0 Å². The van der Waals surface area contributed by atoms with Crippen LogP contribution in [0.25, 0.3) is 11.3 Å². The molecule has 0 atom stereocenters. The topological polar surface area (TPSA) is 95.2 Å². The highest BCUT2D eigenvalue weighted by Crippen LogP contribution is 2.26. The predicted octanol–water partition coefficient (Wildman–Crippen LogP) is 2.49. The van der Waals surface area contributed by atoms with Crippen molar-refractivity contribution in [3.05, 3.63) is 51.4 Å². The van der Waals surface area contributed by atoms with E-state index in [4.69, 9.17) is 11.6 Å². The van der Waals surface area contributed by atoms with Gasteiger partial charge in [-0.3, -0.25) is 10.1 Å². The SMILES string of the molecule is COC(=O)c1cnc(Cl)nc1-c1cccc([N+](=O)[O-])c1. The molecule has 20 heavy (non-hydrogen) atoms. The summed E-state index contributed by atoms with van der Waals surface area (Å²) >= 11 is 5.71. The van der Waals surface area contributed by atoms with Crippen molar-refractivity contribution in [2.75, 3.05) is 7.11 Å². The van der Waals surface area contributed by atoms with Crippen LogP contribution in [0, 0.1) is 10.1 Å². The van der Waals surface area contributed by atoms with Gasteiger partial charge in [-0.15, -0.1) is 0 Å². The lowest BCUT2D eigenvalue weighted by atomic mass is 10.1. The summed E-state index contributed by atoms with van der Waals surface area (Å²) in [7, 11) is 1.22. The second kappa shape index (κ2) is 5.62. The van der Waals surface area contributed by atoms with Crippen LogP contribution >= 0.6 is 11.6 Å². The van der Waals surface area contributed by atoms with Gasteiger partial charge in [-0.2, -0.15) is 0 Å². The molecule has 1 heterocycles. The van der Waals surface area contributed by atoms with Gasteiger partial charge in [-0.1, -0.05) is 12.1 Å². The van der Waals surface area contributed by atoms with Gasteiger partial charge in [0.25, 0.3) is 5.69 Å². The molecule has 0 spiro atoms. The molecule has 0 N–H and O–H groups in total. The second-order valence-corrected chi connectivity index (χ2v) is 4.04. The number of rotatable bonds is 3. The monoisotopic (exact) mass is 293 g/mol. The number of nitro benzene ring substituents is 1. The maximum atomic E-state index is 11.7. The third-order valence-corrected chi connectivity index (χ3v) is 2.68. The highest BCUT2D eigenvalue weighted by molar-refractivity contribution is 6.28. The van der Waals surface area contributed by atoms with E-state index in [1.807, 2.05) is 0 Å². The van der Waals surface area contributed by atoms with Gasteiger partial charge < -0.3 is 4.74 Å². The van der Waals surface area contributed by atoms with Gasteiger partial charge in [0.2, 0.25) is 5.28 Å². The summed E-state index contributed by atoms with van der Waals surface area (Å²) < 4.78 is 4.62. The average Bonchev–Trinajstić information content (AvgIpc) is 2.46. The summed E-state index contributed by atoms with van der Waals surface area (Å²) in [4.78, 5) is 29.6. The molecule has 0 radical (unpaired) electrons. The van der Waals surface area contributed by atoms with E-state index >= 15 is 0 Å². The number of hydrogen-bond acceptors (Lipinski definition) is 6. The van der Waals surface area contributed by atoms with Crippen molar-refractivity contribution in [1.82, 2.24) is 9.97 Å². The van der Waals surface area contributed by atoms with E-state index in [0.717, 1.165) is 0 Å². The molecule has 8 heteroatoms. The van der Waals surface area contributed by atoms with Crippen molar-refractivity contribution >= 4 is 23.3 Å². The van der Waals surface area contributed by atoms with Crippen molar-refractivity contribution in [3.8, 4) is 11.3 Å². The molecule has 102 valence electrons. The fourth-order valence-electron chi connectivity index (χ4n) is 1.61. The number of benzene rings is 1. The van der Waals surface area contributed by atoms with Crippen LogP contribution in [-0.4, -0.2) is 28.0 Å². The highest BCUT2D eigenvalue weighted by Gasteiger charge is 2.18. The van der Waals surface area contributed by atoms with Gasteiger partial charge >= 0.3 is 5.97 Å². The van der Waals surface area contributed by atoms with Gasteiger partial charge in [-0.25, -0.2) is 14.8 Å². The van der Waals surface area contributed by atoms with Crippen molar-refractivity contribution in [2.45, 2.75) is 0 Å². The van der Waals surface area contributed by atoms with Crippen LogP contribution in [0.2, 0.25) is 5.28 Å². The number of carbonyl (C=O) groups excluding carboxylic acids is 1. The molecule has 2 aromatic rings. The Hall–Kier alpha value is -2.54. The van der Waals surface area contributed by atoms with Crippen molar-refractivity contribution in [2.24, 2.45) is 0 Å². The number of aromatic nitrogens is 2. The maximum absolute atomic E-state index is 11.7. The molecular weight excluding hydrogens is 286 g/mol. The average molecular weight is 294 g/mol. The zero-order chi connectivity index (χ0) is 14.7. The zero-order valence-corrected chi connectivity index (χ0v) is 11.0. The normalized spacial score (nSPS) is 10.1. The first-order valence-electron chi connectivity index (χ1n) is 5.38. The zero-order valence-electron chi connectivity index (χ0n) is 10.2. The molecule has 7 nitrogen and oxygen atoms in total. The summed E-state index contributed by atoms with van der Waals surface area (Å²) in [6.45, 7) is 0. The fourth-order valence-corrected chi connectivity index (χ4v) is 1.74. The molecule has 1 aromatic heterocycles. The molecular formula is C12H8ClN3O4. The molecule has 0 unspecified atom stereocenters.